The summed E-state index contributed by atoms with van der Waals surface area (Å²) in [5.74, 6) is 0.0557. The summed E-state index contributed by atoms with van der Waals surface area (Å²) < 4.78 is 7.01. The quantitative estimate of drug-likeness (QED) is 0.681. The summed E-state index contributed by atoms with van der Waals surface area (Å²) in [5, 5.41) is 11.5. The molecule has 29 heavy (non-hydrogen) atoms. The van der Waals surface area contributed by atoms with Crippen LogP contribution in [0.1, 0.15) is 38.7 Å². The van der Waals surface area contributed by atoms with Gasteiger partial charge in [0.2, 0.25) is 5.88 Å². The Hall–Kier alpha value is -2.58. The Morgan fingerprint density at radius 2 is 1.83 bits per heavy atom. The second-order valence-electron chi connectivity index (χ2n) is 6.98. The zero-order chi connectivity index (χ0) is 21.3. The Labute approximate surface area is 177 Å². The van der Waals surface area contributed by atoms with Crippen LogP contribution in [-0.2, 0) is 16.7 Å². The molecule has 8 nitrogen and oxygen atoms in total. The fraction of sp³-hybridized carbons (Fsp3) is 0.368. The molecule has 1 unspecified atom stereocenters. The van der Waals surface area contributed by atoms with E-state index in [0.717, 1.165) is 0 Å². The van der Waals surface area contributed by atoms with Crippen LogP contribution < -0.4 is 15.6 Å². The van der Waals surface area contributed by atoms with Gasteiger partial charge in [0.25, 0.3) is 5.56 Å². The molecule has 1 atom stereocenters. The number of nitrogens with one attached hydrogen (secondary N) is 1. The van der Waals surface area contributed by atoms with E-state index in [1.54, 1.807) is 25.2 Å². The van der Waals surface area contributed by atoms with Crippen molar-refractivity contribution in [3.05, 3.63) is 44.2 Å². The maximum Gasteiger partial charge on any atom is 0.340 e. The van der Waals surface area contributed by atoms with Gasteiger partial charge in [0.15, 0.2) is 5.75 Å². The number of benzene rings is 1. The van der Waals surface area contributed by atoms with Gasteiger partial charge in [0.05, 0.1) is 28.2 Å². The monoisotopic (exact) mass is 438 g/mol. The number of carbonyl (C=O) groups is 1. The molecule has 1 aliphatic heterocycles. The van der Waals surface area contributed by atoms with Gasteiger partial charge in [-0.3, -0.25) is 4.79 Å². The summed E-state index contributed by atoms with van der Waals surface area (Å²) in [6.07, 6.45) is 0.132. The van der Waals surface area contributed by atoms with E-state index in [0.29, 0.717) is 17.0 Å². The molecule has 0 aliphatic carbocycles. The second kappa shape index (κ2) is 8.42. The molecular formula is C19H20Cl2N4O4. The number of hydrogen-bond donors (Lipinski definition) is 1. The summed E-state index contributed by atoms with van der Waals surface area (Å²) in [6.45, 7) is 5.67. The fourth-order valence-electron chi connectivity index (χ4n) is 2.80. The number of ether oxygens (including phenoxy) is 1. The number of hydrogen-bond acceptors (Lipinski definition) is 7. The van der Waals surface area contributed by atoms with Gasteiger partial charge in [-0.15, -0.1) is 5.10 Å². The third-order valence-corrected chi connectivity index (χ3v) is 4.93. The van der Waals surface area contributed by atoms with Crippen LogP contribution in [0.4, 0.5) is 5.69 Å². The van der Waals surface area contributed by atoms with Crippen molar-refractivity contribution < 1.29 is 14.4 Å². The SMILES string of the molecule is CC(Nc1cc(Cl)c(Oc2cc(C(C)C)c(=O)n(C)n2)c(Cl)c1)C1=NOC(=O)C1. The minimum atomic E-state index is -0.390. The molecule has 3 rings (SSSR count). The molecule has 10 heteroatoms. The molecule has 2 aromatic rings. The smallest absolute Gasteiger partial charge is 0.340 e. The third kappa shape index (κ3) is 4.71. The first-order valence-electron chi connectivity index (χ1n) is 8.94. The molecule has 1 aromatic carbocycles. The van der Waals surface area contributed by atoms with Crippen LogP contribution in [0.5, 0.6) is 11.6 Å². The molecule has 1 N–H and O–H groups in total. The molecule has 0 saturated carbocycles. The topological polar surface area (TPSA) is 94.8 Å². The Morgan fingerprint density at radius 1 is 1.17 bits per heavy atom. The largest absolute Gasteiger partial charge is 0.434 e. The first-order valence-corrected chi connectivity index (χ1v) is 9.69. The highest BCUT2D eigenvalue weighted by Gasteiger charge is 2.23. The van der Waals surface area contributed by atoms with Crippen molar-refractivity contribution in [2.45, 2.75) is 39.2 Å². The van der Waals surface area contributed by atoms with Crippen molar-refractivity contribution in [2.75, 3.05) is 5.32 Å². The first-order chi connectivity index (χ1) is 13.7. The molecule has 2 heterocycles. The van der Waals surface area contributed by atoms with Gasteiger partial charge >= 0.3 is 5.97 Å². The lowest BCUT2D eigenvalue weighted by Gasteiger charge is -2.16. The van der Waals surface area contributed by atoms with E-state index in [2.05, 4.69) is 20.4 Å². The van der Waals surface area contributed by atoms with E-state index >= 15 is 0 Å². The maximum atomic E-state index is 12.2. The number of oxime groups is 1. The Kier molecular flexibility index (Phi) is 6.14. The minimum Gasteiger partial charge on any atom is -0.434 e. The lowest BCUT2D eigenvalue weighted by molar-refractivity contribution is -0.140. The summed E-state index contributed by atoms with van der Waals surface area (Å²) in [7, 11) is 1.55. The molecule has 0 fully saturated rings. The zero-order valence-corrected chi connectivity index (χ0v) is 17.8. The molecule has 0 saturated heterocycles. The van der Waals surface area contributed by atoms with E-state index in [1.807, 2.05) is 20.8 Å². The van der Waals surface area contributed by atoms with E-state index < -0.39 is 0 Å². The summed E-state index contributed by atoms with van der Waals surface area (Å²) in [4.78, 5) is 28.0. The van der Waals surface area contributed by atoms with E-state index in [1.165, 1.54) is 4.68 Å². The fourth-order valence-corrected chi connectivity index (χ4v) is 3.36. The van der Waals surface area contributed by atoms with Gasteiger partial charge in [-0.05, 0) is 25.0 Å². The molecule has 0 radical (unpaired) electrons. The molecular weight excluding hydrogens is 419 g/mol. The van der Waals surface area contributed by atoms with Gasteiger partial charge in [-0.2, -0.15) is 0 Å². The van der Waals surface area contributed by atoms with Crippen LogP contribution in [-0.4, -0.2) is 27.5 Å². The maximum absolute atomic E-state index is 12.2. The highest BCUT2D eigenvalue weighted by molar-refractivity contribution is 6.37. The number of carbonyl (C=O) groups excluding carboxylic acids is 1. The summed E-state index contributed by atoms with van der Waals surface area (Å²) >= 11 is 12.7. The van der Waals surface area contributed by atoms with Crippen LogP contribution in [0.3, 0.4) is 0 Å². The Balaban J connectivity index is 1.83. The van der Waals surface area contributed by atoms with Gasteiger partial charge in [-0.1, -0.05) is 42.2 Å². The van der Waals surface area contributed by atoms with Gasteiger partial charge in [0.1, 0.15) is 0 Å². The highest BCUT2D eigenvalue weighted by Crippen LogP contribution is 2.38. The number of aryl methyl sites for hydroxylation is 1. The second-order valence-corrected chi connectivity index (χ2v) is 7.80. The normalized spacial score (nSPS) is 14.6. The van der Waals surface area contributed by atoms with Crippen molar-refractivity contribution >= 4 is 40.6 Å². The van der Waals surface area contributed by atoms with Crippen LogP contribution in [0.25, 0.3) is 0 Å². The first kappa shape index (κ1) is 21.1. The molecule has 0 amide bonds. The standard InChI is InChI=1S/C19H20Cl2N4O4/c1-9(2)12-7-16(23-25(4)19(12)27)28-18-13(20)5-11(6-14(18)21)22-10(3)15-8-17(26)29-24-15/h5-7,9-10,22H,8H2,1-4H3. The van der Waals surface area contributed by atoms with Crippen LogP contribution in [0, 0.1) is 0 Å². The average Bonchev–Trinajstić information content (AvgIpc) is 3.07. The number of anilines is 1. The minimum absolute atomic E-state index is 0.00687. The van der Waals surface area contributed by atoms with Gasteiger partial charge < -0.3 is 14.9 Å². The van der Waals surface area contributed by atoms with E-state index in [4.69, 9.17) is 27.9 Å². The van der Waals surface area contributed by atoms with Crippen molar-refractivity contribution in [3.63, 3.8) is 0 Å². The predicted molar refractivity (Wildman–Crippen MR) is 111 cm³/mol. The molecule has 0 spiro atoms. The third-order valence-electron chi connectivity index (χ3n) is 4.37. The van der Waals surface area contributed by atoms with Crippen LogP contribution in [0.2, 0.25) is 10.0 Å². The Morgan fingerprint density at radius 3 is 2.38 bits per heavy atom. The van der Waals surface area contributed by atoms with Crippen LogP contribution in [0.15, 0.2) is 28.1 Å². The Bertz CT molecular complexity index is 1030. The molecule has 1 aromatic heterocycles. The predicted octanol–water partition coefficient (Wildman–Crippen LogP) is 4.11. The number of halogens is 2. The van der Waals surface area contributed by atoms with Crippen molar-refractivity contribution in [1.29, 1.82) is 0 Å². The van der Waals surface area contributed by atoms with Gasteiger partial charge in [-0.25, -0.2) is 9.48 Å². The average molecular weight is 439 g/mol. The summed E-state index contributed by atoms with van der Waals surface area (Å²) in [6, 6.07) is 4.62. The van der Waals surface area contributed by atoms with Crippen molar-refractivity contribution in [3.8, 4) is 11.6 Å². The lowest BCUT2D eigenvalue weighted by atomic mass is 10.1. The lowest BCUT2D eigenvalue weighted by Crippen LogP contribution is -2.25. The molecule has 0 bridgehead atoms. The summed E-state index contributed by atoms with van der Waals surface area (Å²) in [5.41, 5.74) is 1.60. The number of rotatable bonds is 6. The number of nitrogens with zero attached hydrogens (tertiary/aromatic N) is 3. The van der Waals surface area contributed by atoms with Crippen LogP contribution >= 0.6 is 23.2 Å². The zero-order valence-electron chi connectivity index (χ0n) is 16.3. The highest BCUT2D eigenvalue weighted by atomic mass is 35.5. The van der Waals surface area contributed by atoms with Crippen molar-refractivity contribution in [2.24, 2.45) is 12.2 Å². The van der Waals surface area contributed by atoms with E-state index in [9.17, 15) is 9.59 Å². The number of aromatic nitrogens is 2. The van der Waals surface area contributed by atoms with Gasteiger partial charge in [0, 0.05) is 24.4 Å². The van der Waals surface area contributed by atoms with Crippen molar-refractivity contribution in [1.82, 2.24) is 9.78 Å². The molecule has 154 valence electrons. The molecule has 1 aliphatic rings. The van der Waals surface area contributed by atoms with E-state index in [-0.39, 0.29) is 51.6 Å².